The van der Waals surface area contributed by atoms with Gasteiger partial charge in [-0.05, 0) is 57.2 Å². The van der Waals surface area contributed by atoms with Crippen LogP contribution < -0.4 is 11.0 Å². The number of fused-ring (bicyclic) bond motifs is 2. The van der Waals surface area contributed by atoms with Crippen LogP contribution >= 0.6 is 0 Å². The number of carbonyl (C=O) groups excluding carboxylic acids is 2. The number of aromatic nitrogens is 3. The van der Waals surface area contributed by atoms with Gasteiger partial charge in [-0.25, -0.2) is 18.6 Å². The molecule has 0 aliphatic carbocycles. The molecule has 1 amide bonds. The maximum absolute atomic E-state index is 13.7. The van der Waals surface area contributed by atoms with E-state index in [1.807, 2.05) is 0 Å². The van der Waals surface area contributed by atoms with Crippen molar-refractivity contribution in [3.8, 4) is 0 Å². The van der Waals surface area contributed by atoms with Crippen molar-refractivity contribution < 1.29 is 23.1 Å². The molecule has 174 valence electrons. The average molecular weight is 466 g/mol. The first-order valence-corrected chi connectivity index (χ1v) is 10.5. The lowest BCUT2D eigenvalue weighted by atomic mass is 10.1. The van der Waals surface area contributed by atoms with Crippen molar-refractivity contribution in [3.05, 3.63) is 87.3 Å². The van der Waals surface area contributed by atoms with Gasteiger partial charge in [-0.15, -0.1) is 0 Å². The highest BCUT2D eigenvalue weighted by Gasteiger charge is 2.21. The summed E-state index contributed by atoms with van der Waals surface area (Å²) in [4.78, 5) is 47.6. The number of benzene rings is 1. The van der Waals surface area contributed by atoms with Crippen molar-refractivity contribution in [1.29, 1.82) is 0 Å². The molecule has 4 aromatic rings. The first kappa shape index (κ1) is 23.0. The van der Waals surface area contributed by atoms with Crippen molar-refractivity contribution in [3.63, 3.8) is 0 Å². The second kappa shape index (κ2) is 8.97. The molecule has 0 unspecified atom stereocenters. The molecule has 0 aliphatic rings. The molecule has 0 radical (unpaired) electrons. The lowest BCUT2D eigenvalue weighted by molar-refractivity contribution is 0.0523. The van der Waals surface area contributed by atoms with Gasteiger partial charge in [-0.2, -0.15) is 4.99 Å². The van der Waals surface area contributed by atoms with Crippen molar-refractivity contribution in [1.82, 2.24) is 14.0 Å². The summed E-state index contributed by atoms with van der Waals surface area (Å²) in [5.74, 6) is -4.02. The van der Waals surface area contributed by atoms with Gasteiger partial charge >= 0.3 is 5.97 Å². The van der Waals surface area contributed by atoms with Gasteiger partial charge in [-0.1, -0.05) is 6.07 Å². The predicted octanol–water partition coefficient (Wildman–Crippen LogP) is 3.43. The maximum Gasteiger partial charge on any atom is 0.341 e. The molecule has 34 heavy (non-hydrogen) atoms. The Morgan fingerprint density at radius 1 is 1.12 bits per heavy atom. The van der Waals surface area contributed by atoms with Crippen LogP contribution in [0.4, 0.5) is 8.78 Å². The number of ether oxygens (including phenoxy) is 1. The third-order valence-corrected chi connectivity index (χ3v) is 5.12. The highest BCUT2D eigenvalue weighted by Crippen LogP contribution is 2.16. The lowest BCUT2D eigenvalue weighted by Crippen LogP contribution is -2.33. The number of pyridine rings is 2. The molecule has 1 aromatic carbocycles. The number of carbonyl (C=O) groups is 2. The zero-order valence-electron chi connectivity index (χ0n) is 18.6. The van der Waals surface area contributed by atoms with Crippen LogP contribution in [-0.2, 0) is 4.74 Å². The Morgan fingerprint density at radius 2 is 1.88 bits per heavy atom. The van der Waals surface area contributed by atoms with Crippen molar-refractivity contribution in [2.24, 2.45) is 4.99 Å². The molecule has 0 fully saturated rings. The summed E-state index contributed by atoms with van der Waals surface area (Å²) < 4.78 is 35.0. The van der Waals surface area contributed by atoms with E-state index in [4.69, 9.17) is 4.74 Å². The van der Waals surface area contributed by atoms with E-state index >= 15 is 0 Å². The molecule has 0 N–H and O–H groups in total. The zero-order chi connectivity index (χ0) is 24.6. The van der Waals surface area contributed by atoms with Gasteiger partial charge in [0.25, 0.3) is 11.5 Å². The molecular weight excluding hydrogens is 446 g/mol. The van der Waals surface area contributed by atoms with Gasteiger partial charge in [0.2, 0.25) is 0 Å². The fourth-order valence-corrected chi connectivity index (χ4v) is 3.59. The molecule has 3 heterocycles. The summed E-state index contributed by atoms with van der Waals surface area (Å²) in [6, 6.07) is 8.57. The van der Waals surface area contributed by atoms with Crippen LogP contribution in [0.1, 0.15) is 47.5 Å². The fraction of sp³-hybridized carbons (Fsp3) is 0.208. The van der Waals surface area contributed by atoms with E-state index in [1.54, 1.807) is 45.2 Å². The summed E-state index contributed by atoms with van der Waals surface area (Å²) in [5, 5.41) is 0.125. The largest absolute Gasteiger partial charge is 0.462 e. The number of hydrogen-bond acceptors (Lipinski definition) is 5. The Morgan fingerprint density at radius 3 is 2.56 bits per heavy atom. The Hall–Kier alpha value is -4.21. The van der Waals surface area contributed by atoms with E-state index in [0.29, 0.717) is 5.65 Å². The Labute approximate surface area is 191 Å². The molecule has 4 rings (SSSR count). The average Bonchev–Trinajstić information content (AvgIpc) is 2.80. The molecule has 10 heteroatoms. The number of hydrogen-bond donors (Lipinski definition) is 0. The smallest absolute Gasteiger partial charge is 0.341 e. The van der Waals surface area contributed by atoms with E-state index in [-0.39, 0.29) is 34.3 Å². The second-order valence-corrected chi connectivity index (χ2v) is 7.69. The number of esters is 1. The molecule has 3 aromatic heterocycles. The normalized spacial score (nSPS) is 12.0. The van der Waals surface area contributed by atoms with Crippen LogP contribution in [-0.4, -0.2) is 32.4 Å². The molecule has 0 saturated heterocycles. The highest BCUT2D eigenvalue weighted by molar-refractivity contribution is 5.97. The van der Waals surface area contributed by atoms with E-state index < -0.39 is 35.1 Å². The standard InChI is InChI=1S/C24H20F2N4O4/c1-4-34-24(33)16-12-15-20(27-19-7-5-6-10-29(19)23(15)32)30(13(2)3)21(16)28-22(31)14-8-9-17(25)18(26)11-14/h5-13H,4H2,1-3H3. The Kier molecular flexibility index (Phi) is 6.06. The monoisotopic (exact) mass is 466 g/mol. The van der Waals surface area contributed by atoms with Crippen LogP contribution in [0, 0.1) is 11.6 Å². The minimum Gasteiger partial charge on any atom is -0.462 e. The minimum atomic E-state index is -1.21. The van der Waals surface area contributed by atoms with Gasteiger partial charge in [0.15, 0.2) is 17.1 Å². The number of halogens is 2. The van der Waals surface area contributed by atoms with E-state index in [9.17, 15) is 23.2 Å². The molecule has 8 nitrogen and oxygen atoms in total. The fourth-order valence-electron chi connectivity index (χ4n) is 3.59. The Balaban J connectivity index is 2.13. The molecule has 0 saturated carbocycles. The van der Waals surface area contributed by atoms with Crippen molar-refractivity contribution in [2.45, 2.75) is 26.8 Å². The van der Waals surface area contributed by atoms with Crippen LogP contribution in [0.3, 0.4) is 0 Å². The third kappa shape index (κ3) is 3.98. The summed E-state index contributed by atoms with van der Waals surface area (Å²) in [5.41, 5.74) is -0.307. The zero-order valence-corrected chi connectivity index (χ0v) is 18.6. The number of amides is 1. The first-order valence-electron chi connectivity index (χ1n) is 10.5. The van der Waals surface area contributed by atoms with Gasteiger partial charge in [0.05, 0.1) is 12.0 Å². The summed E-state index contributed by atoms with van der Waals surface area (Å²) in [6.45, 7) is 5.19. The van der Waals surface area contributed by atoms with E-state index in [2.05, 4.69) is 9.98 Å². The summed E-state index contributed by atoms with van der Waals surface area (Å²) in [7, 11) is 0. The van der Waals surface area contributed by atoms with Crippen LogP contribution in [0.5, 0.6) is 0 Å². The van der Waals surface area contributed by atoms with Crippen molar-refractivity contribution in [2.75, 3.05) is 6.61 Å². The SMILES string of the molecule is CCOC(=O)c1cc2c(=O)n3ccccc3nc2n(C(C)C)c1=NC(=O)c1ccc(F)c(F)c1. The highest BCUT2D eigenvalue weighted by atomic mass is 19.2. The quantitative estimate of drug-likeness (QED) is 0.339. The van der Waals surface area contributed by atoms with Gasteiger partial charge < -0.3 is 9.30 Å². The lowest BCUT2D eigenvalue weighted by Gasteiger charge is -2.17. The third-order valence-electron chi connectivity index (χ3n) is 5.12. The molecule has 0 aliphatic heterocycles. The second-order valence-electron chi connectivity index (χ2n) is 7.69. The molecular formula is C24H20F2N4O4. The van der Waals surface area contributed by atoms with E-state index in [1.165, 1.54) is 15.0 Å². The van der Waals surface area contributed by atoms with Crippen LogP contribution in [0.25, 0.3) is 16.7 Å². The van der Waals surface area contributed by atoms with Crippen LogP contribution in [0.15, 0.2) is 58.4 Å². The maximum atomic E-state index is 13.7. The summed E-state index contributed by atoms with van der Waals surface area (Å²) in [6.07, 6.45) is 1.55. The molecule has 0 bridgehead atoms. The molecule has 0 spiro atoms. The Bertz CT molecular complexity index is 1590. The number of rotatable bonds is 4. The van der Waals surface area contributed by atoms with Gasteiger partial charge in [-0.3, -0.25) is 14.0 Å². The van der Waals surface area contributed by atoms with Gasteiger partial charge in [0.1, 0.15) is 16.9 Å². The van der Waals surface area contributed by atoms with Crippen molar-refractivity contribution >= 4 is 28.6 Å². The predicted molar refractivity (Wildman–Crippen MR) is 120 cm³/mol. The topological polar surface area (TPSA) is 95.0 Å². The number of nitrogens with zero attached hydrogens (tertiary/aromatic N) is 4. The first-order chi connectivity index (χ1) is 16.2. The molecule has 0 atom stereocenters. The van der Waals surface area contributed by atoms with Crippen LogP contribution in [0.2, 0.25) is 0 Å². The van der Waals surface area contributed by atoms with E-state index in [0.717, 1.165) is 18.2 Å². The van der Waals surface area contributed by atoms with Gasteiger partial charge in [0, 0.05) is 17.8 Å². The summed E-state index contributed by atoms with van der Waals surface area (Å²) >= 11 is 0. The minimum absolute atomic E-state index is 0.0457.